The average Bonchev–Trinajstić information content (AvgIpc) is 2.77. The first-order valence-corrected chi connectivity index (χ1v) is 5.94. The molecule has 86 valence electrons. The lowest BCUT2D eigenvalue weighted by Crippen LogP contribution is -2.16. The molecule has 0 atom stereocenters. The van der Waals surface area contributed by atoms with Gasteiger partial charge in [0.05, 0.1) is 17.1 Å². The summed E-state index contributed by atoms with van der Waals surface area (Å²) in [4.78, 5) is 3.41. The molecule has 0 aliphatic carbocycles. The van der Waals surface area contributed by atoms with Crippen molar-refractivity contribution < 1.29 is 4.42 Å². The molecule has 0 aliphatic rings. The third kappa shape index (κ3) is 2.68. The van der Waals surface area contributed by atoms with Crippen molar-refractivity contribution in [1.29, 1.82) is 0 Å². The molecular formula is C11H15N3OS. The number of aromatic nitrogens is 2. The van der Waals surface area contributed by atoms with Crippen molar-refractivity contribution in [3.05, 3.63) is 34.2 Å². The third-order valence-electron chi connectivity index (χ3n) is 2.38. The van der Waals surface area contributed by atoms with E-state index in [2.05, 4.69) is 21.5 Å². The van der Waals surface area contributed by atoms with Gasteiger partial charge in [0.25, 0.3) is 0 Å². The molecule has 0 fully saturated rings. The Hall–Kier alpha value is -1.20. The Bertz CT molecular complexity index is 463. The minimum absolute atomic E-state index is 0.811. The fraction of sp³-hybridized carbons (Fsp3) is 0.455. The van der Waals surface area contributed by atoms with Crippen molar-refractivity contribution >= 4 is 11.5 Å². The van der Waals surface area contributed by atoms with Gasteiger partial charge >= 0.3 is 0 Å². The molecule has 5 heteroatoms. The van der Waals surface area contributed by atoms with Crippen LogP contribution in [0.15, 0.2) is 16.5 Å². The standard InChI is InChI=1S/C11H15N3OS/c1-8-4-5-10(15-8)6-14(3)7-11-9(2)12-13-16-11/h4-5H,6-7H2,1-3H3. The third-order valence-corrected chi connectivity index (χ3v) is 3.19. The van der Waals surface area contributed by atoms with Crippen molar-refractivity contribution in [2.45, 2.75) is 26.9 Å². The summed E-state index contributed by atoms with van der Waals surface area (Å²) in [5, 5.41) is 4.00. The smallest absolute Gasteiger partial charge is 0.118 e. The van der Waals surface area contributed by atoms with Gasteiger partial charge in [-0.05, 0) is 44.6 Å². The number of rotatable bonds is 4. The highest BCUT2D eigenvalue weighted by Crippen LogP contribution is 2.14. The maximum atomic E-state index is 5.53. The molecule has 0 saturated carbocycles. The Kier molecular flexibility index (Phi) is 3.36. The zero-order chi connectivity index (χ0) is 11.5. The monoisotopic (exact) mass is 237 g/mol. The lowest BCUT2D eigenvalue weighted by atomic mass is 10.3. The summed E-state index contributed by atoms with van der Waals surface area (Å²) in [6.45, 7) is 5.62. The van der Waals surface area contributed by atoms with Gasteiger partial charge in [-0.25, -0.2) is 0 Å². The molecule has 0 aromatic carbocycles. The summed E-state index contributed by atoms with van der Waals surface area (Å²) in [6, 6.07) is 4.01. The second-order valence-corrected chi connectivity index (χ2v) is 4.80. The Labute approximate surface area is 99.1 Å². The predicted molar refractivity (Wildman–Crippen MR) is 63.3 cm³/mol. The van der Waals surface area contributed by atoms with E-state index in [1.54, 1.807) is 0 Å². The lowest BCUT2D eigenvalue weighted by Gasteiger charge is -2.13. The van der Waals surface area contributed by atoms with Crippen LogP contribution in [0.2, 0.25) is 0 Å². The largest absolute Gasteiger partial charge is 0.465 e. The molecule has 2 rings (SSSR count). The zero-order valence-electron chi connectivity index (χ0n) is 9.73. The molecule has 2 aromatic rings. The number of hydrogen-bond acceptors (Lipinski definition) is 5. The van der Waals surface area contributed by atoms with Crippen LogP contribution in [0.5, 0.6) is 0 Å². The van der Waals surface area contributed by atoms with Crippen molar-refractivity contribution in [2.75, 3.05) is 7.05 Å². The highest BCUT2D eigenvalue weighted by atomic mass is 32.1. The quantitative estimate of drug-likeness (QED) is 0.818. The number of hydrogen-bond donors (Lipinski definition) is 0. The van der Waals surface area contributed by atoms with E-state index in [0.29, 0.717) is 0 Å². The average molecular weight is 237 g/mol. The van der Waals surface area contributed by atoms with Crippen molar-refractivity contribution in [1.82, 2.24) is 14.5 Å². The van der Waals surface area contributed by atoms with Crippen LogP contribution in [0.25, 0.3) is 0 Å². The minimum Gasteiger partial charge on any atom is -0.465 e. The minimum atomic E-state index is 0.811. The van der Waals surface area contributed by atoms with E-state index in [1.165, 1.54) is 16.4 Å². The molecule has 0 unspecified atom stereocenters. The summed E-state index contributed by atoms with van der Waals surface area (Å²) in [6.07, 6.45) is 0. The summed E-state index contributed by atoms with van der Waals surface area (Å²) in [7, 11) is 2.07. The first kappa shape index (κ1) is 11.3. The van der Waals surface area contributed by atoms with E-state index in [1.807, 2.05) is 26.0 Å². The van der Waals surface area contributed by atoms with Gasteiger partial charge in [0.2, 0.25) is 0 Å². The normalized spacial score (nSPS) is 11.2. The first-order valence-electron chi connectivity index (χ1n) is 5.17. The topological polar surface area (TPSA) is 42.2 Å². The highest BCUT2D eigenvalue weighted by Gasteiger charge is 2.08. The van der Waals surface area contributed by atoms with Gasteiger partial charge in [0.1, 0.15) is 11.5 Å². The van der Waals surface area contributed by atoms with Gasteiger partial charge in [-0.15, -0.1) is 5.10 Å². The van der Waals surface area contributed by atoms with E-state index in [9.17, 15) is 0 Å². The summed E-state index contributed by atoms with van der Waals surface area (Å²) in [5.74, 6) is 1.95. The van der Waals surface area contributed by atoms with Crippen molar-refractivity contribution in [2.24, 2.45) is 0 Å². The van der Waals surface area contributed by atoms with Crippen LogP contribution in [0.4, 0.5) is 0 Å². The molecule has 2 heterocycles. The SMILES string of the molecule is Cc1ccc(CN(C)Cc2snnc2C)o1. The number of aryl methyl sites for hydroxylation is 2. The fourth-order valence-electron chi connectivity index (χ4n) is 1.53. The Morgan fingerprint density at radius 3 is 2.69 bits per heavy atom. The Morgan fingerprint density at radius 1 is 1.31 bits per heavy atom. The second-order valence-electron chi connectivity index (χ2n) is 3.97. The number of nitrogens with zero attached hydrogens (tertiary/aromatic N) is 3. The van der Waals surface area contributed by atoms with Gasteiger partial charge in [-0.3, -0.25) is 4.90 Å². The van der Waals surface area contributed by atoms with Gasteiger partial charge < -0.3 is 4.42 Å². The van der Waals surface area contributed by atoms with Crippen LogP contribution in [-0.2, 0) is 13.1 Å². The molecule has 0 aliphatic heterocycles. The summed E-state index contributed by atoms with van der Waals surface area (Å²) in [5.41, 5.74) is 1.02. The molecule has 0 bridgehead atoms. The Balaban J connectivity index is 1.94. The van der Waals surface area contributed by atoms with E-state index in [0.717, 1.165) is 30.3 Å². The molecule has 0 radical (unpaired) electrons. The van der Waals surface area contributed by atoms with Gasteiger partial charge in [-0.2, -0.15) is 0 Å². The molecule has 0 spiro atoms. The van der Waals surface area contributed by atoms with E-state index in [-0.39, 0.29) is 0 Å². The summed E-state index contributed by atoms with van der Waals surface area (Å²) >= 11 is 1.46. The molecule has 0 saturated heterocycles. The molecule has 16 heavy (non-hydrogen) atoms. The second kappa shape index (κ2) is 4.76. The van der Waals surface area contributed by atoms with E-state index >= 15 is 0 Å². The Morgan fingerprint density at radius 2 is 2.12 bits per heavy atom. The number of furan rings is 1. The van der Waals surface area contributed by atoms with Crippen molar-refractivity contribution in [3.63, 3.8) is 0 Å². The molecule has 0 N–H and O–H groups in total. The lowest BCUT2D eigenvalue weighted by molar-refractivity contribution is 0.287. The molecule has 2 aromatic heterocycles. The van der Waals surface area contributed by atoms with Gasteiger partial charge in [-0.1, -0.05) is 4.49 Å². The van der Waals surface area contributed by atoms with Crippen LogP contribution in [0.1, 0.15) is 22.1 Å². The predicted octanol–water partition coefficient (Wildman–Crippen LogP) is 2.38. The van der Waals surface area contributed by atoms with Crippen LogP contribution >= 0.6 is 11.5 Å². The molecule has 0 amide bonds. The van der Waals surface area contributed by atoms with E-state index < -0.39 is 0 Å². The van der Waals surface area contributed by atoms with Crippen LogP contribution in [0, 0.1) is 13.8 Å². The highest BCUT2D eigenvalue weighted by molar-refractivity contribution is 7.05. The van der Waals surface area contributed by atoms with Gasteiger partial charge in [0.15, 0.2) is 0 Å². The van der Waals surface area contributed by atoms with Crippen molar-refractivity contribution in [3.8, 4) is 0 Å². The molecule has 4 nitrogen and oxygen atoms in total. The summed E-state index contributed by atoms with van der Waals surface area (Å²) < 4.78 is 9.46. The first-order chi connectivity index (χ1) is 7.65. The molecular weight excluding hydrogens is 222 g/mol. The fourth-order valence-corrected chi connectivity index (χ4v) is 2.25. The zero-order valence-corrected chi connectivity index (χ0v) is 10.5. The van der Waals surface area contributed by atoms with E-state index in [4.69, 9.17) is 4.42 Å². The van der Waals surface area contributed by atoms with Crippen LogP contribution in [-0.4, -0.2) is 21.5 Å². The van der Waals surface area contributed by atoms with Crippen LogP contribution in [0.3, 0.4) is 0 Å². The maximum Gasteiger partial charge on any atom is 0.118 e. The van der Waals surface area contributed by atoms with Gasteiger partial charge in [0, 0.05) is 6.54 Å². The van der Waals surface area contributed by atoms with Crippen LogP contribution < -0.4 is 0 Å². The maximum absolute atomic E-state index is 5.53.